The number of hydrogen-bond donors (Lipinski definition) is 1. The molecule has 0 saturated heterocycles. The number of rotatable bonds is 3. The lowest BCUT2D eigenvalue weighted by molar-refractivity contribution is 0.0647. The van der Waals surface area contributed by atoms with Crippen molar-refractivity contribution in [2.45, 2.75) is 6.43 Å². The van der Waals surface area contributed by atoms with Gasteiger partial charge in [0.15, 0.2) is 5.69 Å². The number of carboxylic acids is 1. The van der Waals surface area contributed by atoms with E-state index in [-0.39, 0.29) is 16.5 Å². The van der Waals surface area contributed by atoms with E-state index in [2.05, 4.69) is 20.9 Å². The van der Waals surface area contributed by atoms with Crippen LogP contribution >= 0.6 is 27.5 Å². The van der Waals surface area contributed by atoms with Crippen LogP contribution in [0.1, 0.15) is 22.7 Å². The number of hydrogen-bond acceptors (Lipinski definition) is 3. The first-order valence-corrected chi connectivity index (χ1v) is 6.05. The smallest absolute Gasteiger partial charge is 0.374 e. The number of carboxylic acid groups (broad SMARTS) is 1. The summed E-state index contributed by atoms with van der Waals surface area (Å²) in [6.45, 7) is 0. The van der Waals surface area contributed by atoms with Gasteiger partial charge in [-0.2, -0.15) is 0 Å². The molecule has 19 heavy (non-hydrogen) atoms. The lowest BCUT2D eigenvalue weighted by atomic mass is 10.2. The Labute approximate surface area is 119 Å². The molecule has 100 valence electrons. The van der Waals surface area contributed by atoms with Crippen molar-refractivity contribution in [3.05, 3.63) is 39.1 Å². The predicted octanol–water partition coefficient (Wildman–Crippen LogP) is 4.39. The summed E-state index contributed by atoms with van der Waals surface area (Å²) in [5.41, 5.74) is -0.691. The van der Waals surface area contributed by atoms with Gasteiger partial charge in [0.2, 0.25) is 11.7 Å². The Balaban J connectivity index is 2.60. The van der Waals surface area contributed by atoms with Crippen LogP contribution in [0.5, 0.6) is 0 Å². The van der Waals surface area contributed by atoms with E-state index in [1.165, 1.54) is 12.1 Å². The number of halogens is 4. The lowest BCUT2D eigenvalue weighted by Gasteiger charge is -1.99. The van der Waals surface area contributed by atoms with Gasteiger partial charge < -0.3 is 9.52 Å². The normalized spacial score (nSPS) is 11.0. The summed E-state index contributed by atoms with van der Waals surface area (Å²) >= 11 is 9.08. The highest BCUT2D eigenvalue weighted by molar-refractivity contribution is 9.10. The van der Waals surface area contributed by atoms with Crippen LogP contribution in [-0.4, -0.2) is 16.1 Å². The second-order valence-corrected chi connectivity index (χ2v) is 4.79. The standard InChI is InChI=1S/C11H5BrClF2NO3/c12-4-1-2-6(13)5(3-4)10-16-7(9(14)15)8(19-10)11(17)18/h1-3,9H,(H,17,18). The fourth-order valence-electron chi connectivity index (χ4n) is 1.41. The number of oxazole rings is 1. The Morgan fingerprint density at radius 2 is 2.16 bits per heavy atom. The molecule has 0 amide bonds. The third-order valence-electron chi connectivity index (χ3n) is 2.21. The van der Waals surface area contributed by atoms with Gasteiger partial charge in [-0.15, -0.1) is 0 Å². The predicted molar refractivity (Wildman–Crippen MR) is 66.6 cm³/mol. The molecule has 0 radical (unpaired) electrons. The lowest BCUT2D eigenvalue weighted by Crippen LogP contribution is -1.99. The number of aromatic nitrogens is 1. The maximum atomic E-state index is 12.7. The zero-order chi connectivity index (χ0) is 14.2. The molecular formula is C11H5BrClF2NO3. The molecule has 1 N–H and O–H groups in total. The summed E-state index contributed by atoms with van der Waals surface area (Å²) in [5, 5.41) is 9.00. The fourth-order valence-corrected chi connectivity index (χ4v) is 1.97. The molecular weight excluding hydrogens is 347 g/mol. The molecule has 1 aromatic heterocycles. The minimum Gasteiger partial charge on any atom is -0.475 e. The Morgan fingerprint density at radius 3 is 2.68 bits per heavy atom. The third kappa shape index (κ3) is 2.76. The molecule has 0 saturated carbocycles. The van der Waals surface area contributed by atoms with Gasteiger partial charge in [0, 0.05) is 4.47 Å². The molecule has 0 spiro atoms. The van der Waals surface area contributed by atoms with Crippen molar-refractivity contribution in [2.75, 3.05) is 0 Å². The van der Waals surface area contributed by atoms with Crippen LogP contribution in [0, 0.1) is 0 Å². The Bertz CT molecular complexity index is 645. The Hall–Kier alpha value is -1.47. The van der Waals surface area contributed by atoms with Crippen LogP contribution in [0.15, 0.2) is 27.1 Å². The summed E-state index contributed by atoms with van der Waals surface area (Å²) < 4.78 is 30.8. The zero-order valence-electron chi connectivity index (χ0n) is 9.03. The molecule has 8 heteroatoms. The number of benzene rings is 1. The molecule has 1 heterocycles. The highest BCUT2D eigenvalue weighted by atomic mass is 79.9. The van der Waals surface area contributed by atoms with Crippen LogP contribution in [0.25, 0.3) is 11.5 Å². The van der Waals surface area contributed by atoms with Gasteiger partial charge in [-0.3, -0.25) is 0 Å². The van der Waals surface area contributed by atoms with Gasteiger partial charge in [0.25, 0.3) is 6.43 Å². The molecule has 1 aromatic carbocycles. The number of aromatic carboxylic acids is 1. The van der Waals surface area contributed by atoms with Crippen LogP contribution in [0.3, 0.4) is 0 Å². The summed E-state index contributed by atoms with van der Waals surface area (Å²) in [4.78, 5) is 14.3. The first kappa shape index (κ1) is 14.0. The van der Waals surface area contributed by atoms with Gasteiger partial charge in [-0.1, -0.05) is 27.5 Å². The van der Waals surface area contributed by atoms with E-state index in [1.54, 1.807) is 6.07 Å². The molecule has 0 aliphatic carbocycles. The number of alkyl halides is 2. The summed E-state index contributed by atoms with van der Waals surface area (Å²) in [6.07, 6.45) is -3.05. The van der Waals surface area contributed by atoms with Gasteiger partial charge in [0.1, 0.15) is 0 Å². The maximum Gasteiger partial charge on any atom is 0.374 e. The molecule has 0 bridgehead atoms. The first-order chi connectivity index (χ1) is 8.90. The van der Waals surface area contributed by atoms with Crippen molar-refractivity contribution in [3.8, 4) is 11.5 Å². The van der Waals surface area contributed by atoms with Crippen molar-refractivity contribution < 1.29 is 23.1 Å². The van der Waals surface area contributed by atoms with E-state index in [0.29, 0.717) is 4.47 Å². The molecule has 2 aromatic rings. The number of nitrogens with zero attached hydrogens (tertiary/aromatic N) is 1. The first-order valence-electron chi connectivity index (χ1n) is 4.87. The van der Waals surface area contributed by atoms with Gasteiger partial charge in [-0.25, -0.2) is 18.6 Å². The Kier molecular flexibility index (Phi) is 3.86. The minimum atomic E-state index is -3.05. The van der Waals surface area contributed by atoms with Crippen LogP contribution < -0.4 is 0 Å². The van der Waals surface area contributed by atoms with E-state index in [0.717, 1.165) is 0 Å². The molecule has 2 rings (SSSR count). The molecule has 4 nitrogen and oxygen atoms in total. The van der Waals surface area contributed by atoms with Crippen molar-refractivity contribution in [2.24, 2.45) is 0 Å². The monoisotopic (exact) mass is 351 g/mol. The highest BCUT2D eigenvalue weighted by Crippen LogP contribution is 2.33. The summed E-state index contributed by atoms with van der Waals surface area (Å²) in [7, 11) is 0. The molecule has 0 aliphatic rings. The highest BCUT2D eigenvalue weighted by Gasteiger charge is 2.27. The van der Waals surface area contributed by atoms with Gasteiger partial charge >= 0.3 is 5.97 Å². The van der Waals surface area contributed by atoms with E-state index < -0.39 is 23.8 Å². The van der Waals surface area contributed by atoms with Gasteiger partial charge in [0.05, 0.1) is 10.6 Å². The second kappa shape index (κ2) is 5.26. The average molecular weight is 353 g/mol. The topological polar surface area (TPSA) is 63.3 Å². The zero-order valence-corrected chi connectivity index (χ0v) is 11.4. The summed E-state index contributed by atoms with van der Waals surface area (Å²) in [5.74, 6) is -2.76. The molecule has 0 unspecified atom stereocenters. The molecule has 0 aliphatic heterocycles. The average Bonchev–Trinajstić information content (AvgIpc) is 2.77. The van der Waals surface area contributed by atoms with Crippen molar-refractivity contribution in [1.82, 2.24) is 4.98 Å². The van der Waals surface area contributed by atoms with Crippen LogP contribution in [0.4, 0.5) is 8.78 Å². The second-order valence-electron chi connectivity index (χ2n) is 3.46. The fraction of sp³-hybridized carbons (Fsp3) is 0.0909. The third-order valence-corrected chi connectivity index (χ3v) is 3.04. The van der Waals surface area contributed by atoms with Gasteiger partial charge in [-0.05, 0) is 18.2 Å². The van der Waals surface area contributed by atoms with E-state index in [9.17, 15) is 13.6 Å². The summed E-state index contributed by atoms with van der Waals surface area (Å²) in [6, 6.07) is 4.64. The molecule has 0 atom stereocenters. The SMILES string of the molecule is O=C(O)c1oc(-c2cc(Br)ccc2Cl)nc1C(F)F. The van der Waals surface area contributed by atoms with Crippen molar-refractivity contribution in [3.63, 3.8) is 0 Å². The molecule has 0 fully saturated rings. The van der Waals surface area contributed by atoms with E-state index in [4.69, 9.17) is 21.1 Å². The van der Waals surface area contributed by atoms with Crippen molar-refractivity contribution >= 4 is 33.5 Å². The number of carbonyl (C=O) groups is 1. The Morgan fingerprint density at radius 1 is 1.47 bits per heavy atom. The van der Waals surface area contributed by atoms with Crippen molar-refractivity contribution in [1.29, 1.82) is 0 Å². The maximum absolute atomic E-state index is 12.7. The van der Waals surface area contributed by atoms with Crippen LogP contribution in [-0.2, 0) is 0 Å². The van der Waals surface area contributed by atoms with Crippen LogP contribution in [0.2, 0.25) is 5.02 Å². The largest absolute Gasteiger partial charge is 0.475 e. The van der Waals surface area contributed by atoms with E-state index in [1.807, 2.05) is 0 Å². The quantitative estimate of drug-likeness (QED) is 0.889. The van der Waals surface area contributed by atoms with E-state index >= 15 is 0 Å². The minimum absolute atomic E-state index is 0.210.